The van der Waals surface area contributed by atoms with Crippen LogP contribution < -0.4 is 52.0 Å². The van der Waals surface area contributed by atoms with Crippen molar-refractivity contribution in [3.8, 4) is 45.3 Å². The molecule has 112 heavy (non-hydrogen) atoms. The van der Waals surface area contributed by atoms with Gasteiger partial charge in [-0.25, -0.2) is 28.8 Å². The number of hydrogen-bond acceptors (Lipinski definition) is 20. The van der Waals surface area contributed by atoms with Crippen molar-refractivity contribution in [2.45, 2.75) is 183 Å². The molecule has 0 heterocycles. The smallest absolute Gasteiger partial charge is 0.437 e. The number of nitrogens with zero attached hydrogens (tertiary/aromatic N) is 2. The Morgan fingerprint density at radius 2 is 0.732 bits per heavy atom. The normalized spacial score (nSPS) is 12.9. The number of alkyl carbamates (subject to hydrolysis) is 2. The lowest BCUT2D eigenvalue weighted by Gasteiger charge is -2.22. The highest BCUT2D eigenvalue weighted by atomic mass is 16.6. The van der Waals surface area contributed by atoms with E-state index in [1.165, 1.54) is 28.1 Å². The highest BCUT2D eigenvalue weighted by Crippen LogP contribution is 2.42. The highest BCUT2D eigenvalue weighted by Gasteiger charge is 2.29. The molecule has 2 atom stereocenters. The molecule has 0 radical (unpaired) electrons. The fourth-order valence-corrected chi connectivity index (χ4v) is 11.6. The van der Waals surface area contributed by atoms with Gasteiger partial charge in [-0.05, 0) is 224 Å². The van der Waals surface area contributed by atoms with Gasteiger partial charge in [-0.2, -0.15) is 0 Å². The van der Waals surface area contributed by atoms with Crippen LogP contribution in [0.3, 0.4) is 0 Å². The largest absolute Gasteiger partial charge is 0.507 e. The number of fused-ring (bicyclic) bond motifs is 8. The van der Waals surface area contributed by atoms with Crippen molar-refractivity contribution in [3.05, 3.63) is 154 Å². The zero-order valence-corrected chi connectivity index (χ0v) is 66.2. The molecule has 0 saturated heterocycles. The molecule has 8 bridgehead atoms. The molecule has 10 N–H and O–H groups in total. The standard InChI is InChI=1S/C82H102N10O20/c1-47(93)85-63(31-21-33-83-73(89-75(101)109-79(3,4)5)90-76(102)110-80(6,7)8)71(99)87-61-29-19-23-49(43-61)55-39-57-35-51-25-17-27-53(69(51)107-45-65(95)105-15)37-59-41-56(42-60(68(59)98)38-54-28-18-26-52(36-58(40-55)67(57)97)70(54)108-46-66(96)106-16)50-24-20-30-62(44-50)88-72(100)64(86-48(2)94)32-22-34-84-74(91-77(103)111-81(9,10)11)92-78(104)112-82(12,13)14/h17-20,23-30,39-44,63-64,97-98H,21-22,31-38,45-46H2,1-16H3,(H,85,93)(H,86,94)(H,87,99)(H,88,100)(H2,83,89,90,101,102)(H2,84,91,92,103,104)/t63-,64-/m0/s1. The summed E-state index contributed by atoms with van der Waals surface area (Å²) < 4.78 is 44.2. The molecular weight excluding hydrogens is 1440 g/mol. The second kappa shape index (κ2) is 38.9. The van der Waals surface area contributed by atoms with Crippen molar-refractivity contribution < 1.29 is 96.1 Å². The monoisotopic (exact) mass is 1550 g/mol. The molecule has 30 nitrogen and oxygen atoms in total. The second-order valence-electron chi connectivity index (χ2n) is 30.5. The minimum absolute atomic E-state index is 0.00768. The Balaban J connectivity index is 1.23. The van der Waals surface area contributed by atoms with Crippen LogP contribution in [0.25, 0.3) is 22.3 Å². The van der Waals surface area contributed by atoms with Gasteiger partial charge in [-0.15, -0.1) is 9.98 Å². The van der Waals surface area contributed by atoms with Crippen molar-refractivity contribution >= 4 is 83.2 Å². The Morgan fingerprint density at radius 1 is 0.420 bits per heavy atom. The van der Waals surface area contributed by atoms with Crippen LogP contribution in [0.1, 0.15) is 167 Å². The second-order valence-corrected chi connectivity index (χ2v) is 30.5. The minimum atomic E-state index is -1.07. The molecular formula is C82H102N10O20. The van der Waals surface area contributed by atoms with Crippen LogP contribution in [-0.2, 0) is 82.9 Å². The maximum absolute atomic E-state index is 14.2. The summed E-state index contributed by atoms with van der Waals surface area (Å²) in [4.78, 5) is 138. The van der Waals surface area contributed by atoms with E-state index in [1.54, 1.807) is 180 Å². The molecule has 0 aromatic heterocycles. The summed E-state index contributed by atoms with van der Waals surface area (Å²) in [6, 6.07) is 29.5. The first-order chi connectivity index (χ1) is 52.6. The molecule has 1 aliphatic carbocycles. The summed E-state index contributed by atoms with van der Waals surface area (Å²) in [5, 5.41) is 47.2. The summed E-state index contributed by atoms with van der Waals surface area (Å²) in [6.07, 6.45) is -3.20. The number of carbonyl (C=O) groups excluding carboxylic acids is 10. The van der Waals surface area contributed by atoms with Gasteiger partial charge in [0.2, 0.25) is 35.5 Å². The lowest BCUT2D eigenvalue weighted by molar-refractivity contribution is -0.143. The molecule has 0 fully saturated rings. The number of benzene rings is 6. The van der Waals surface area contributed by atoms with E-state index in [0.29, 0.717) is 78.1 Å². The van der Waals surface area contributed by atoms with Gasteiger partial charge in [0.15, 0.2) is 13.2 Å². The van der Waals surface area contributed by atoms with Gasteiger partial charge in [-0.3, -0.25) is 29.8 Å². The number of anilines is 2. The maximum atomic E-state index is 14.2. The number of amides is 8. The number of hydrogen-bond donors (Lipinski definition) is 10. The number of carbonyl (C=O) groups is 10. The van der Waals surface area contributed by atoms with Gasteiger partial charge in [0.05, 0.1) is 14.2 Å². The lowest BCUT2D eigenvalue weighted by atomic mass is 9.88. The van der Waals surface area contributed by atoms with Crippen molar-refractivity contribution in [1.82, 2.24) is 31.9 Å². The quantitative estimate of drug-likeness (QED) is 0.00990. The average Bonchev–Trinajstić information content (AvgIpc) is 0.778. The van der Waals surface area contributed by atoms with E-state index in [4.69, 9.17) is 37.9 Å². The molecule has 1 aliphatic rings. The number of guanidine groups is 2. The predicted octanol–water partition coefficient (Wildman–Crippen LogP) is 11.5. The van der Waals surface area contributed by atoms with Crippen LogP contribution in [0.2, 0.25) is 0 Å². The topological polar surface area (TPSA) is 406 Å². The lowest BCUT2D eigenvalue weighted by Crippen LogP contribution is -2.45. The highest BCUT2D eigenvalue weighted by molar-refractivity contribution is 6.01. The number of phenolic OH excluding ortho intramolecular Hbond substituents is 2. The van der Waals surface area contributed by atoms with Crippen LogP contribution in [0, 0.1) is 0 Å². The third-order valence-electron chi connectivity index (χ3n) is 16.2. The van der Waals surface area contributed by atoms with E-state index < -0.39 is 108 Å². The first kappa shape index (κ1) is 87.0. The summed E-state index contributed by atoms with van der Waals surface area (Å²) in [6.45, 7) is 21.6. The van der Waals surface area contributed by atoms with Crippen LogP contribution in [-0.4, -0.2) is 157 Å². The molecule has 0 aliphatic heterocycles. The average molecular weight is 1550 g/mol. The summed E-state index contributed by atoms with van der Waals surface area (Å²) in [5.74, 6) is -3.73. The van der Waals surface area contributed by atoms with E-state index in [0.717, 1.165) is 0 Å². The van der Waals surface area contributed by atoms with Gasteiger partial charge in [0, 0.05) is 64.0 Å². The minimum Gasteiger partial charge on any atom is -0.507 e. The Morgan fingerprint density at radius 3 is 1.03 bits per heavy atom. The number of ether oxygens (including phenoxy) is 8. The number of esters is 2. The number of aliphatic imine (C=N–C) groups is 2. The Hall–Kier alpha value is -12.2. The number of para-hydroxylation sites is 2. The van der Waals surface area contributed by atoms with Crippen molar-refractivity contribution in [1.29, 1.82) is 0 Å². The summed E-state index contributed by atoms with van der Waals surface area (Å²) >= 11 is 0. The molecule has 0 spiro atoms. The van der Waals surface area contributed by atoms with Crippen molar-refractivity contribution in [2.24, 2.45) is 9.98 Å². The van der Waals surface area contributed by atoms with Crippen molar-refractivity contribution in [2.75, 3.05) is 51.2 Å². The van der Waals surface area contributed by atoms with Crippen LogP contribution in [0.5, 0.6) is 23.0 Å². The first-order valence-corrected chi connectivity index (χ1v) is 36.4. The molecule has 0 saturated carbocycles. The molecule has 6 aromatic rings. The molecule has 8 amide bonds. The fraction of sp³-hybridized carbons (Fsp3) is 0.415. The van der Waals surface area contributed by atoms with Crippen LogP contribution in [0.15, 0.2) is 119 Å². The summed E-state index contributed by atoms with van der Waals surface area (Å²) in [7, 11) is 2.45. The van der Waals surface area contributed by atoms with Gasteiger partial charge < -0.3 is 80.0 Å². The molecule has 7 rings (SSSR count). The summed E-state index contributed by atoms with van der Waals surface area (Å²) in [5.41, 5.74) is 3.11. The Bertz CT molecular complexity index is 4150. The Kier molecular flexibility index (Phi) is 30.2. The van der Waals surface area contributed by atoms with E-state index in [2.05, 4.69) is 52.5 Å². The van der Waals surface area contributed by atoms with Crippen molar-refractivity contribution in [3.63, 3.8) is 0 Å². The SMILES string of the molecule is COC(=O)COc1c2cccc1Cc1cc(-c3cccc(NC(=O)[C@H](CCCN/C(=N/C(=O)OC(C)(C)C)NC(=O)OC(C)(C)C)NC(C)=O)c3)cc(c1O)Cc1cccc(c1OCC(=O)OC)Cc1cc(-c3cccc(NC(=O)[C@H](CCCN/C(=N/C(=O)OC(C)(C)C)NC(=O)OC(C)(C)C)NC(C)=O)c3)cc(c1O)C2. The van der Waals surface area contributed by atoms with E-state index >= 15 is 0 Å². The van der Waals surface area contributed by atoms with Gasteiger partial charge in [0.25, 0.3) is 0 Å². The van der Waals surface area contributed by atoms with Gasteiger partial charge in [-0.1, -0.05) is 60.7 Å². The Labute approximate surface area is 651 Å². The number of methoxy groups -OCH3 is 2. The van der Waals surface area contributed by atoms with Gasteiger partial charge >= 0.3 is 36.3 Å². The first-order valence-electron chi connectivity index (χ1n) is 36.4. The number of phenols is 2. The van der Waals surface area contributed by atoms with E-state index in [9.17, 15) is 58.2 Å². The third kappa shape index (κ3) is 28.3. The third-order valence-corrected chi connectivity index (χ3v) is 16.2. The number of aromatic hydroxyl groups is 2. The van der Waals surface area contributed by atoms with E-state index in [1.807, 2.05) is 12.1 Å². The van der Waals surface area contributed by atoms with Gasteiger partial charge in [0.1, 0.15) is 57.5 Å². The van der Waals surface area contributed by atoms with E-state index in [-0.39, 0.29) is 99.4 Å². The zero-order chi connectivity index (χ0) is 82.4. The molecule has 0 unspecified atom stereocenters. The van der Waals surface area contributed by atoms with Crippen LogP contribution in [0.4, 0.5) is 30.6 Å². The number of nitrogens with one attached hydrogen (secondary N) is 8. The fourth-order valence-electron chi connectivity index (χ4n) is 11.6. The molecule has 30 heteroatoms. The molecule has 6 aromatic carbocycles. The number of rotatable bonds is 22. The zero-order valence-electron chi connectivity index (χ0n) is 66.2. The molecule has 600 valence electrons. The maximum Gasteiger partial charge on any atom is 0.437 e. The predicted molar refractivity (Wildman–Crippen MR) is 419 cm³/mol. The van der Waals surface area contributed by atoms with Crippen LogP contribution >= 0.6 is 0 Å².